The van der Waals surface area contributed by atoms with Crippen LogP contribution in [0.2, 0.25) is 0 Å². The SMILES string of the molecule is [N-]=[N+]=NCCC=Cc1ccc(Cc2ccccc2)cc1. The van der Waals surface area contributed by atoms with Crippen LogP contribution in [0.3, 0.4) is 0 Å². The molecule has 0 atom stereocenters. The van der Waals surface area contributed by atoms with Gasteiger partial charge in [0, 0.05) is 11.5 Å². The van der Waals surface area contributed by atoms with Crippen LogP contribution in [0, 0.1) is 0 Å². The second kappa shape index (κ2) is 7.82. The summed E-state index contributed by atoms with van der Waals surface area (Å²) >= 11 is 0. The number of hydrogen-bond acceptors (Lipinski definition) is 1. The fourth-order valence-electron chi connectivity index (χ4n) is 1.97. The molecular formula is C17H17N3. The van der Waals surface area contributed by atoms with Crippen molar-refractivity contribution < 1.29 is 0 Å². The van der Waals surface area contributed by atoms with Gasteiger partial charge in [-0.1, -0.05) is 71.9 Å². The summed E-state index contributed by atoms with van der Waals surface area (Å²) in [6.45, 7) is 0.513. The Bertz CT molecular complexity index is 594. The molecule has 0 saturated carbocycles. The van der Waals surface area contributed by atoms with Crippen LogP contribution in [-0.2, 0) is 6.42 Å². The van der Waals surface area contributed by atoms with Crippen molar-refractivity contribution in [3.05, 3.63) is 87.8 Å². The van der Waals surface area contributed by atoms with E-state index < -0.39 is 0 Å². The van der Waals surface area contributed by atoms with Crippen molar-refractivity contribution in [1.82, 2.24) is 0 Å². The highest BCUT2D eigenvalue weighted by Crippen LogP contribution is 2.11. The molecule has 0 amide bonds. The van der Waals surface area contributed by atoms with Crippen LogP contribution < -0.4 is 0 Å². The van der Waals surface area contributed by atoms with E-state index in [0.717, 1.165) is 12.8 Å². The van der Waals surface area contributed by atoms with E-state index in [1.54, 1.807) is 0 Å². The van der Waals surface area contributed by atoms with Crippen LogP contribution in [0.25, 0.3) is 16.5 Å². The highest BCUT2D eigenvalue weighted by Gasteiger charge is 1.95. The summed E-state index contributed by atoms with van der Waals surface area (Å²) in [5, 5.41) is 3.49. The fraction of sp³-hybridized carbons (Fsp3) is 0.176. The summed E-state index contributed by atoms with van der Waals surface area (Å²) in [5.41, 5.74) is 12.0. The maximum Gasteiger partial charge on any atom is 0.0292 e. The molecule has 20 heavy (non-hydrogen) atoms. The van der Waals surface area contributed by atoms with E-state index in [2.05, 4.69) is 64.6 Å². The van der Waals surface area contributed by atoms with Gasteiger partial charge >= 0.3 is 0 Å². The number of benzene rings is 2. The average Bonchev–Trinajstić information content (AvgIpc) is 2.50. The predicted octanol–water partition coefficient (Wildman–Crippen LogP) is 4.99. The fourth-order valence-corrected chi connectivity index (χ4v) is 1.97. The molecule has 0 aliphatic rings. The molecular weight excluding hydrogens is 246 g/mol. The molecule has 2 rings (SSSR count). The molecule has 0 saturated heterocycles. The third-order valence-electron chi connectivity index (χ3n) is 3.00. The summed E-state index contributed by atoms with van der Waals surface area (Å²) in [5.74, 6) is 0. The first-order valence-corrected chi connectivity index (χ1v) is 6.69. The number of hydrogen-bond donors (Lipinski definition) is 0. The van der Waals surface area contributed by atoms with Crippen molar-refractivity contribution in [2.24, 2.45) is 5.11 Å². The zero-order valence-corrected chi connectivity index (χ0v) is 11.3. The molecule has 0 fully saturated rings. The van der Waals surface area contributed by atoms with Gasteiger partial charge in [-0.15, -0.1) is 0 Å². The van der Waals surface area contributed by atoms with Crippen molar-refractivity contribution in [2.75, 3.05) is 6.54 Å². The second-order valence-corrected chi connectivity index (χ2v) is 4.55. The Morgan fingerprint density at radius 3 is 2.35 bits per heavy atom. The molecule has 0 N–H and O–H groups in total. The van der Waals surface area contributed by atoms with Gasteiger partial charge in [0.05, 0.1) is 0 Å². The largest absolute Gasteiger partial charge is 0.0937 e. The molecule has 0 aliphatic heterocycles. The van der Waals surface area contributed by atoms with Crippen LogP contribution in [0.15, 0.2) is 65.8 Å². The van der Waals surface area contributed by atoms with Crippen molar-refractivity contribution in [3.63, 3.8) is 0 Å². The van der Waals surface area contributed by atoms with Gasteiger partial charge in [-0.05, 0) is 35.1 Å². The molecule has 0 spiro atoms. The lowest BCUT2D eigenvalue weighted by molar-refractivity contribution is 0.995. The van der Waals surface area contributed by atoms with Crippen molar-refractivity contribution in [3.8, 4) is 0 Å². The lowest BCUT2D eigenvalue weighted by Gasteiger charge is -2.02. The minimum atomic E-state index is 0.513. The van der Waals surface area contributed by atoms with Crippen molar-refractivity contribution in [1.29, 1.82) is 0 Å². The lowest BCUT2D eigenvalue weighted by Crippen LogP contribution is -1.87. The van der Waals surface area contributed by atoms with Gasteiger partial charge in [0.25, 0.3) is 0 Å². The minimum absolute atomic E-state index is 0.513. The number of azide groups is 1. The molecule has 2 aromatic carbocycles. The molecule has 0 bridgehead atoms. The van der Waals surface area contributed by atoms with Gasteiger partial charge in [0.15, 0.2) is 0 Å². The molecule has 2 aromatic rings. The van der Waals surface area contributed by atoms with Crippen LogP contribution >= 0.6 is 0 Å². The van der Waals surface area contributed by atoms with E-state index >= 15 is 0 Å². The Labute approximate surface area is 119 Å². The summed E-state index contributed by atoms with van der Waals surface area (Å²) in [6, 6.07) is 19.0. The topological polar surface area (TPSA) is 48.8 Å². The monoisotopic (exact) mass is 263 g/mol. The standard InChI is InChI=1S/C17H17N3/c18-20-19-13-5-4-6-15-9-11-17(12-10-15)14-16-7-2-1-3-8-16/h1-4,6-12H,5,13-14H2. The Kier molecular flexibility index (Phi) is 5.44. The summed E-state index contributed by atoms with van der Waals surface area (Å²) in [6.07, 6.45) is 5.82. The zero-order chi connectivity index (χ0) is 14.0. The van der Waals surface area contributed by atoms with E-state index in [1.165, 1.54) is 16.7 Å². The number of rotatable bonds is 6. The molecule has 3 nitrogen and oxygen atoms in total. The van der Waals surface area contributed by atoms with Crippen LogP contribution in [0.1, 0.15) is 23.1 Å². The highest BCUT2D eigenvalue weighted by molar-refractivity contribution is 5.49. The van der Waals surface area contributed by atoms with E-state index in [0.29, 0.717) is 6.54 Å². The Balaban J connectivity index is 1.91. The Morgan fingerprint density at radius 1 is 0.950 bits per heavy atom. The van der Waals surface area contributed by atoms with Gasteiger partial charge in [0.2, 0.25) is 0 Å². The quantitative estimate of drug-likeness (QED) is 0.305. The first kappa shape index (κ1) is 13.9. The molecule has 100 valence electrons. The predicted molar refractivity (Wildman–Crippen MR) is 83.4 cm³/mol. The molecule has 0 heterocycles. The minimum Gasteiger partial charge on any atom is -0.0937 e. The van der Waals surface area contributed by atoms with Gasteiger partial charge in [-0.3, -0.25) is 0 Å². The van der Waals surface area contributed by atoms with Crippen LogP contribution in [0.4, 0.5) is 0 Å². The number of nitrogens with zero attached hydrogens (tertiary/aromatic N) is 3. The first-order valence-electron chi connectivity index (χ1n) is 6.69. The third-order valence-corrected chi connectivity index (χ3v) is 3.00. The highest BCUT2D eigenvalue weighted by atomic mass is 15.1. The van der Waals surface area contributed by atoms with Gasteiger partial charge < -0.3 is 0 Å². The Morgan fingerprint density at radius 2 is 1.65 bits per heavy atom. The van der Waals surface area contributed by atoms with Crippen molar-refractivity contribution in [2.45, 2.75) is 12.8 Å². The van der Waals surface area contributed by atoms with Crippen molar-refractivity contribution >= 4 is 6.08 Å². The third kappa shape index (κ3) is 4.63. The second-order valence-electron chi connectivity index (χ2n) is 4.55. The van der Waals surface area contributed by atoms with Gasteiger partial charge in [-0.25, -0.2) is 0 Å². The average molecular weight is 263 g/mol. The zero-order valence-electron chi connectivity index (χ0n) is 11.3. The normalized spacial score (nSPS) is 10.4. The van der Waals surface area contributed by atoms with E-state index in [4.69, 9.17) is 5.53 Å². The molecule has 0 aromatic heterocycles. The van der Waals surface area contributed by atoms with E-state index in [1.807, 2.05) is 12.1 Å². The molecule has 0 radical (unpaired) electrons. The van der Waals surface area contributed by atoms with Gasteiger partial charge in [-0.2, -0.15) is 0 Å². The molecule has 0 unspecified atom stereocenters. The Hall–Kier alpha value is -2.51. The van der Waals surface area contributed by atoms with E-state index in [-0.39, 0.29) is 0 Å². The molecule has 3 heteroatoms. The maximum absolute atomic E-state index is 8.17. The van der Waals surface area contributed by atoms with Crippen LogP contribution in [0.5, 0.6) is 0 Å². The summed E-state index contributed by atoms with van der Waals surface area (Å²) in [4.78, 5) is 2.72. The maximum atomic E-state index is 8.17. The lowest BCUT2D eigenvalue weighted by atomic mass is 10.0. The first-order chi connectivity index (χ1) is 9.88. The summed E-state index contributed by atoms with van der Waals surface area (Å²) in [7, 11) is 0. The van der Waals surface area contributed by atoms with Gasteiger partial charge in [0.1, 0.15) is 0 Å². The van der Waals surface area contributed by atoms with E-state index in [9.17, 15) is 0 Å². The smallest absolute Gasteiger partial charge is 0.0292 e. The summed E-state index contributed by atoms with van der Waals surface area (Å²) < 4.78 is 0. The molecule has 0 aliphatic carbocycles. The van der Waals surface area contributed by atoms with Crippen LogP contribution in [-0.4, -0.2) is 6.54 Å².